The minimum absolute atomic E-state index is 0.288. The maximum Gasteiger partial charge on any atom is 0.140 e. The number of likely N-dealkylation sites (tertiary alicyclic amines) is 1. The molecule has 25 heavy (non-hydrogen) atoms. The zero-order chi connectivity index (χ0) is 17.2. The first kappa shape index (κ1) is 16.2. The highest BCUT2D eigenvalue weighted by Crippen LogP contribution is 2.20. The monoisotopic (exact) mass is 340 g/mol. The van der Waals surface area contributed by atoms with E-state index in [1.807, 2.05) is 48.2 Å². The molecule has 0 spiro atoms. The van der Waals surface area contributed by atoms with E-state index in [-0.39, 0.29) is 6.61 Å². The van der Waals surface area contributed by atoms with E-state index in [0.717, 1.165) is 22.6 Å². The maximum absolute atomic E-state index is 14.3. The van der Waals surface area contributed by atoms with Gasteiger partial charge in [0.05, 0.1) is 16.7 Å². The van der Waals surface area contributed by atoms with Crippen LogP contribution in [0.1, 0.15) is 17.1 Å². The number of hydrogen-bond acceptors (Lipinski definition) is 4. The molecule has 1 aliphatic heterocycles. The second-order valence-corrected chi connectivity index (χ2v) is 6.58. The van der Waals surface area contributed by atoms with Crippen LogP contribution >= 0.6 is 0 Å². The molecule has 1 aliphatic rings. The van der Waals surface area contributed by atoms with Gasteiger partial charge in [-0.25, -0.2) is 9.37 Å². The Morgan fingerprint density at radius 2 is 2.20 bits per heavy atom. The summed E-state index contributed by atoms with van der Waals surface area (Å²) in [6, 6.07) is 11.8. The molecule has 130 valence electrons. The van der Waals surface area contributed by atoms with Crippen LogP contribution in [0.2, 0.25) is 0 Å². The number of ether oxygens (including phenoxy) is 1. The summed E-state index contributed by atoms with van der Waals surface area (Å²) in [5, 5.41) is 0. The van der Waals surface area contributed by atoms with Crippen LogP contribution in [-0.4, -0.2) is 45.2 Å². The number of fused-ring (bicyclic) bond motifs is 1. The van der Waals surface area contributed by atoms with Gasteiger partial charge in [-0.2, -0.15) is 0 Å². The Morgan fingerprint density at radius 3 is 3.04 bits per heavy atom. The fourth-order valence-corrected chi connectivity index (χ4v) is 3.25. The highest BCUT2D eigenvalue weighted by atomic mass is 19.1. The van der Waals surface area contributed by atoms with Crippen LogP contribution in [0.5, 0.6) is 0 Å². The molecule has 3 aromatic rings. The van der Waals surface area contributed by atoms with Crippen molar-refractivity contribution < 1.29 is 9.13 Å². The number of nitrogens with zero attached hydrogens (tertiary/aromatic N) is 3. The number of benzene rings is 1. The number of alkyl halides is 1. The number of imidazole rings is 1. The normalized spacial score (nSPS) is 21.2. The molecule has 0 radical (unpaired) electrons. The number of aryl methyl sites for hydroxylation is 1. The van der Waals surface area contributed by atoms with Crippen LogP contribution in [0.25, 0.3) is 11.0 Å². The zero-order valence-electron chi connectivity index (χ0n) is 14.2. The van der Waals surface area contributed by atoms with E-state index in [9.17, 15) is 4.39 Å². The van der Waals surface area contributed by atoms with Crippen LogP contribution in [0.15, 0.2) is 42.6 Å². The van der Waals surface area contributed by atoms with E-state index in [1.165, 1.54) is 5.56 Å². The van der Waals surface area contributed by atoms with Gasteiger partial charge >= 0.3 is 0 Å². The molecule has 0 bridgehead atoms. The Bertz CT molecular complexity index is 851. The summed E-state index contributed by atoms with van der Waals surface area (Å²) in [5.41, 5.74) is 4.01. The number of rotatable bonds is 5. The molecule has 4 rings (SSSR count). The second kappa shape index (κ2) is 6.90. The van der Waals surface area contributed by atoms with Crippen LogP contribution in [0.3, 0.4) is 0 Å². The fraction of sp³-hybridized carbons (Fsp3) is 0.368. The molecule has 1 N–H and O–H groups in total. The highest BCUT2D eigenvalue weighted by Gasteiger charge is 2.33. The van der Waals surface area contributed by atoms with Crippen molar-refractivity contribution in [1.29, 1.82) is 0 Å². The summed E-state index contributed by atoms with van der Waals surface area (Å²) < 4.78 is 20.1. The van der Waals surface area contributed by atoms with E-state index < -0.39 is 12.3 Å². The summed E-state index contributed by atoms with van der Waals surface area (Å²) >= 11 is 0. The number of pyridine rings is 1. The molecule has 1 fully saturated rings. The van der Waals surface area contributed by atoms with Gasteiger partial charge in [-0.05, 0) is 36.8 Å². The first-order valence-corrected chi connectivity index (χ1v) is 8.50. The lowest BCUT2D eigenvalue weighted by Crippen LogP contribution is -2.24. The number of H-pyrrole nitrogens is 1. The number of halogens is 1. The molecule has 0 amide bonds. The molecule has 2 aromatic heterocycles. The predicted molar refractivity (Wildman–Crippen MR) is 93.8 cm³/mol. The van der Waals surface area contributed by atoms with Crippen molar-refractivity contribution in [2.75, 3.05) is 13.1 Å². The Labute approximate surface area is 145 Å². The zero-order valence-corrected chi connectivity index (χ0v) is 14.2. The molecule has 2 atom stereocenters. The Kier molecular flexibility index (Phi) is 4.46. The second-order valence-electron chi connectivity index (χ2n) is 6.58. The molecule has 1 aromatic carbocycles. The Morgan fingerprint density at radius 1 is 1.28 bits per heavy atom. The molecule has 0 saturated carbocycles. The lowest BCUT2D eigenvalue weighted by atomic mass is 10.2. The lowest BCUT2D eigenvalue weighted by molar-refractivity contribution is 0.00861. The topological polar surface area (TPSA) is 54.0 Å². The molecular formula is C19H21FN4O. The summed E-state index contributed by atoms with van der Waals surface area (Å²) in [7, 11) is 0. The summed E-state index contributed by atoms with van der Waals surface area (Å²) in [4.78, 5) is 14.1. The first-order chi connectivity index (χ1) is 12.2. The lowest BCUT2D eigenvalue weighted by Gasteiger charge is -2.15. The standard InChI is InChI=1S/C19H21FN4O/c1-13-5-6-16-17(8-13)23-19(22-16)12-25-18-11-24(10-15(18)20)9-14-4-2-3-7-21-14/h2-8,15,18H,9-12H2,1H3,(H,22,23)/t15-,18+/m1/s1. The fourth-order valence-electron chi connectivity index (χ4n) is 3.25. The van der Waals surface area contributed by atoms with E-state index in [0.29, 0.717) is 19.6 Å². The van der Waals surface area contributed by atoms with Gasteiger partial charge < -0.3 is 9.72 Å². The summed E-state index contributed by atoms with van der Waals surface area (Å²) in [5.74, 6) is 0.732. The van der Waals surface area contributed by atoms with Crippen molar-refractivity contribution in [3.8, 4) is 0 Å². The molecule has 6 heteroatoms. The molecule has 0 unspecified atom stereocenters. The van der Waals surface area contributed by atoms with Gasteiger partial charge in [-0.1, -0.05) is 12.1 Å². The van der Waals surface area contributed by atoms with Crippen molar-refractivity contribution >= 4 is 11.0 Å². The average Bonchev–Trinajstić information content (AvgIpc) is 3.16. The summed E-state index contributed by atoms with van der Waals surface area (Å²) in [6.07, 6.45) is 0.337. The Balaban J connectivity index is 1.35. The van der Waals surface area contributed by atoms with Crippen LogP contribution < -0.4 is 0 Å². The third-order valence-electron chi connectivity index (χ3n) is 4.51. The predicted octanol–water partition coefficient (Wildman–Crippen LogP) is 3.01. The van der Waals surface area contributed by atoms with Crippen molar-refractivity contribution in [2.24, 2.45) is 0 Å². The van der Waals surface area contributed by atoms with Gasteiger partial charge in [0, 0.05) is 25.8 Å². The number of nitrogens with one attached hydrogen (secondary N) is 1. The van der Waals surface area contributed by atoms with Crippen LogP contribution in [0.4, 0.5) is 4.39 Å². The van der Waals surface area contributed by atoms with Crippen LogP contribution in [-0.2, 0) is 17.9 Å². The van der Waals surface area contributed by atoms with Crippen molar-refractivity contribution in [2.45, 2.75) is 32.4 Å². The van der Waals surface area contributed by atoms with Crippen LogP contribution in [0, 0.1) is 6.92 Å². The minimum atomic E-state index is -0.990. The third kappa shape index (κ3) is 3.70. The molecule has 5 nitrogen and oxygen atoms in total. The SMILES string of the molecule is Cc1ccc2nc(CO[C@H]3CN(Cc4ccccn4)C[C@H]3F)[nH]c2c1. The van der Waals surface area contributed by atoms with E-state index in [1.54, 1.807) is 6.20 Å². The van der Waals surface area contributed by atoms with Gasteiger partial charge in [0.1, 0.15) is 24.7 Å². The van der Waals surface area contributed by atoms with E-state index in [2.05, 4.69) is 15.0 Å². The maximum atomic E-state index is 14.3. The molecule has 0 aliphatic carbocycles. The smallest absolute Gasteiger partial charge is 0.140 e. The third-order valence-corrected chi connectivity index (χ3v) is 4.51. The summed E-state index contributed by atoms with van der Waals surface area (Å²) in [6.45, 7) is 3.91. The quantitative estimate of drug-likeness (QED) is 0.776. The molecule has 1 saturated heterocycles. The average molecular weight is 340 g/mol. The van der Waals surface area contributed by atoms with Gasteiger partial charge in [0.25, 0.3) is 0 Å². The van der Waals surface area contributed by atoms with Crippen molar-refractivity contribution in [1.82, 2.24) is 19.9 Å². The number of aromatic amines is 1. The number of aromatic nitrogens is 3. The highest BCUT2D eigenvalue weighted by molar-refractivity contribution is 5.75. The van der Waals surface area contributed by atoms with Gasteiger partial charge in [-0.3, -0.25) is 9.88 Å². The van der Waals surface area contributed by atoms with Crippen molar-refractivity contribution in [3.63, 3.8) is 0 Å². The van der Waals surface area contributed by atoms with E-state index in [4.69, 9.17) is 4.74 Å². The van der Waals surface area contributed by atoms with E-state index >= 15 is 0 Å². The van der Waals surface area contributed by atoms with Gasteiger partial charge in [-0.15, -0.1) is 0 Å². The number of hydrogen-bond donors (Lipinski definition) is 1. The van der Waals surface area contributed by atoms with Crippen molar-refractivity contribution in [3.05, 3.63) is 59.7 Å². The van der Waals surface area contributed by atoms with Gasteiger partial charge in [0.15, 0.2) is 0 Å². The van der Waals surface area contributed by atoms with Gasteiger partial charge in [0.2, 0.25) is 0 Å². The first-order valence-electron chi connectivity index (χ1n) is 8.50. The molecular weight excluding hydrogens is 319 g/mol. The minimum Gasteiger partial charge on any atom is -0.366 e. The largest absolute Gasteiger partial charge is 0.366 e. The molecule has 3 heterocycles. The Hall–Kier alpha value is -2.31.